The van der Waals surface area contributed by atoms with Crippen LogP contribution in [-0.4, -0.2) is 0 Å². The van der Waals surface area contributed by atoms with Gasteiger partial charge < -0.3 is 0 Å². The Balaban J connectivity index is 1.19. The number of hydrogen-bond donors (Lipinski definition) is 0. The molecule has 3 aromatic carbocycles. The molecule has 0 aromatic heterocycles. The largest absolute Gasteiger partial charge is 0.207 e. The van der Waals surface area contributed by atoms with Crippen molar-refractivity contribution in [3.63, 3.8) is 0 Å². The Labute approximate surface area is 231 Å². The lowest BCUT2D eigenvalue weighted by molar-refractivity contribution is 0.253. The standard InChI is InChI=1S/C34H40ClF3/c1-2-3-4-24-5-7-25(8-6-24)9-10-26-11-13-27(14-12-26)15-16-29-22-32(36)30(33(37)23-29)19-17-28-18-20-31(35)34(38)21-28/h5-8,18,20-23,26-27H,2-4,9-17,19H2,1H3. The molecular weight excluding hydrogens is 501 g/mol. The Bertz CT molecular complexity index is 1140. The van der Waals surface area contributed by atoms with Gasteiger partial charge in [-0.3, -0.25) is 0 Å². The zero-order valence-electron chi connectivity index (χ0n) is 22.6. The van der Waals surface area contributed by atoms with Crippen molar-refractivity contribution in [3.05, 3.63) is 105 Å². The third kappa shape index (κ3) is 8.37. The highest BCUT2D eigenvalue weighted by molar-refractivity contribution is 6.30. The van der Waals surface area contributed by atoms with Gasteiger partial charge in [0.25, 0.3) is 0 Å². The molecule has 0 bridgehead atoms. The molecule has 1 saturated carbocycles. The minimum Gasteiger partial charge on any atom is -0.207 e. The summed E-state index contributed by atoms with van der Waals surface area (Å²) in [6, 6.07) is 16.7. The maximum atomic E-state index is 14.7. The van der Waals surface area contributed by atoms with E-state index in [-0.39, 0.29) is 17.0 Å². The zero-order chi connectivity index (χ0) is 26.9. The van der Waals surface area contributed by atoms with Crippen LogP contribution in [0.1, 0.15) is 86.1 Å². The van der Waals surface area contributed by atoms with Crippen LogP contribution in [0.2, 0.25) is 5.02 Å². The summed E-state index contributed by atoms with van der Waals surface area (Å²) in [5.41, 5.74) is 4.36. The van der Waals surface area contributed by atoms with Gasteiger partial charge in [-0.25, -0.2) is 13.2 Å². The Morgan fingerprint density at radius 1 is 0.605 bits per heavy atom. The molecule has 0 unspecified atom stereocenters. The predicted octanol–water partition coefficient (Wildman–Crippen LogP) is 10.3. The molecule has 0 aliphatic heterocycles. The van der Waals surface area contributed by atoms with Gasteiger partial charge in [0, 0.05) is 5.56 Å². The number of benzene rings is 3. The Morgan fingerprint density at radius 3 is 1.66 bits per heavy atom. The van der Waals surface area contributed by atoms with E-state index in [0.717, 1.165) is 24.3 Å². The Kier molecular flexibility index (Phi) is 10.8. The second kappa shape index (κ2) is 14.2. The third-order valence-corrected chi connectivity index (χ3v) is 8.65. The lowest BCUT2D eigenvalue weighted by atomic mass is 9.77. The average Bonchev–Trinajstić information content (AvgIpc) is 2.92. The van der Waals surface area contributed by atoms with Crippen LogP contribution in [0, 0.1) is 29.3 Å². The molecule has 204 valence electrons. The van der Waals surface area contributed by atoms with Crippen molar-refractivity contribution in [3.8, 4) is 0 Å². The van der Waals surface area contributed by atoms with Crippen LogP contribution in [0.3, 0.4) is 0 Å². The van der Waals surface area contributed by atoms with Crippen molar-refractivity contribution in [2.75, 3.05) is 0 Å². The first-order chi connectivity index (χ1) is 18.4. The summed E-state index contributed by atoms with van der Waals surface area (Å²) in [6.07, 6.45) is 13.2. The topological polar surface area (TPSA) is 0 Å². The lowest BCUT2D eigenvalue weighted by Crippen LogP contribution is -2.16. The minimum absolute atomic E-state index is 0.0484. The van der Waals surface area contributed by atoms with E-state index in [1.54, 1.807) is 6.07 Å². The first-order valence-corrected chi connectivity index (χ1v) is 14.8. The highest BCUT2D eigenvalue weighted by Gasteiger charge is 2.21. The molecule has 0 atom stereocenters. The molecule has 0 saturated heterocycles. The molecule has 0 amide bonds. The van der Waals surface area contributed by atoms with Crippen molar-refractivity contribution in [2.45, 2.75) is 90.4 Å². The van der Waals surface area contributed by atoms with E-state index in [4.69, 9.17) is 11.6 Å². The quantitative estimate of drug-likeness (QED) is 0.214. The summed E-state index contributed by atoms with van der Waals surface area (Å²) >= 11 is 5.72. The monoisotopic (exact) mass is 540 g/mol. The molecule has 3 aromatic rings. The van der Waals surface area contributed by atoms with Crippen molar-refractivity contribution < 1.29 is 13.2 Å². The second-order valence-corrected chi connectivity index (χ2v) is 11.6. The fourth-order valence-electron chi connectivity index (χ4n) is 5.81. The van der Waals surface area contributed by atoms with E-state index in [9.17, 15) is 13.2 Å². The van der Waals surface area contributed by atoms with Crippen LogP contribution in [0.4, 0.5) is 13.2 Å². The highest BCUT2D eigenvalue weighted by Crippen LogP contribution is 2.34. The van der Waals surface area contributed by atoms with E-state index in [1.165, 1.54) is 86.8 Å². The highest BCUT2D eigenvalue weighted by atomic mass is 35.5. The van der Waals surface area contributed by atoms with Gasteiger partial charge in [-0.05, 0) is 110 Å². The number of rotatable bonds is 12. The molecule has 1 aliphatic carbocycles. The molecule has 4 heteroatoms. The predicted molar refractivity (Wildman–Crippen MR) is 152 cm³/mol. The van der Waals surface area contributed by atoms with E-state index >= 15 is 0 Å². The summed E-state index contributed by atoms with van der Waals surface area (Å²) < 4.78 is 43.1. The summed E-state index contributed by atoms with van der Waals surface area (Å²) in [7, 11) is 0. The van der Waals surface area contributed by atoms with Gasteiger partial charge in [-0.1, -0.05) is 81.0 Å². The number of aryl methyl sites for hydroxylation is 4. The van der Waals surface area contributed by atoms with Crippen LogP contribution in [-0.2, 0) is 32.1 Å². The Morgan fingerprint density at radius 2 is 1.11 bits per heavy atom. The van der Waals surface area contributed by atoms with Gasteiger partial charge in [-0.15, -0.1) is 0 Å². The fourth-order valence-corrected chi connectivity index (χ4v) is 5.92. The summed E-state index contributed by atoms with van der Waals surface area (Å²) in [5, 5.41) is 0.0484. The molecule has 0 spiro atoms. The van der Waals surface area contributed by atoms with Gasteiger partial charge >= 0.3 is 0 Å². The smallest absolute Gasteiger partial charge is 0.142 e. The Hall–Kier alpha value is -2.26. The summed E-state index contributed by atoms with van der Waals surface area (Å²) in [4.78, 5) is 0. The minimum atomic E-state index is -0.512. The van der Waals surface area contributed by atoms with Crippen LogP contribution >= 0.6 is 11.6 Å². The molecule has 0 N–H and O–H groups in total. The lowest BCUT2D eigenvalue weighted by Gasteiger charge is -2.28. The van der Waals surface area contributed by atoms with Crippen LogP contribution in [0.25, 0.3) is 0 Å². The van der Waals surface area contributed by atoms with Crippen molar-refractivity contribution in [2.24, 2.45) is 11.8 Å². The number of hydrogen-bond acceptors (Lipinski definition) is 0. The fraction of sp³-hybridized carbons (Fsp3) is 0.471. The molecule has 38 heavy (non-hydrogen) atoms. The molecule has 1 fully saturated rings. The summed E-state index contributed by atoms with van der Waals surface area (Å²) in [5.74, 6) is -0.0981. The van der Waals surface area contributed by atoms with Gasteiger partial charge in [0.15, 0.2) is 0 Å². The van der Waals surface area contributed by atoms with E-state index in [1.807, 2.05) is 0 Å². The van der Waals surface area contributed by atoms with Crippen molar-refractivity contribution in [1.29, 1.82) is 0 Å². The van der Waals surface area contributed by atoms with E-state index < -0.39 is 17.5 Å². The normalized spacial score (nSPS) is 17.6. The van der Waals surface area contributed by atoms with Crippen LogP contribution in [0.15, 0.2) is 54.6 Å². The first kappa shape index (κ1) is 28.7. The molecular formula is C34H40ClF3. The second-order valence-electron chi connectivity index (χ2n) is 11.2. The van der Waals surface area contributed by atoms with Gasteiger partial charge in [0.2, 0.25) is 0 Å². The molecule has 4 rings (SSSR count). The van der Waals surface area contributed by atoms with Gasteiger partial charge in [0.05, 0.1) is 5.02 Å². The van der Waals surface area contributed by atoms with E-state index in [0.29, 0.717) is 24.3 Å². The third-order valence-electron chi connectivity index (χ3n) is 8.34. The van der Waals surface area contributed by atoms with Crippen molar-refractivity contribution >= 4 is 11.6 Å². The van der Waals surface area contributed by atoms with E-state index in [2.05, 4.69) is 31.2 Å². The van der Waals surface area contributed by atoms with Crippen LogP contribution < -0.4 is 0 Å². The molecule has 0 heterocycles. The van der Waals surface area contributed by atoms with Crippen LogP contribution in [0.5, 0.6) is 0 Å². The molecule has 0 radical (unpaired) electrons. The maximum Gasteiger partial charge on any atom is 0.142 e. The van der Waals surface area contributed by atoms with Crippen molar-refractivity contribution in [1.82, 2.24) is 0 Å². The number of halogens is 4. The molecule has 0 nitrogen and oxygen atoms in total. The SMILES string of the molecule is CCCCc1ccc(CCC2CCC(CCc3cc(F)c(CCc4ccc(Cl)c(F)c4)c(F)c3)CC2)cc1. The summed E-state index contributed by atoms with van der Waals surface area (Å²) in [6.45, 7) is 2.23. The average molecular weight is 541 g/mol. The maximum absolute atomic E-state index is 14.7. The first-order valence-electron chi connectivity index (χ1n) is 14.4. The van der Waals surface area contributed by atoms with Gasteiger partial charge in [-0.2, -0.15) is 0 Å². The number of unbranched alkanes of at least 4 members (excludes halogenated alkanes) is 1. The zero-order valence-corrected chi connectivity index (χ0v) is 23.3. The molecule has 1 aliphatic rings. The van der Waals surface area contributed by atoms with Gasteiger partial charge in [0.1, 0.15) is 17.5 Å².